The Morgan fingerprint density at radius 1 is 1.18 bits per heavy atom. The number of nitrogens with zero attached hydrogens (tertiary/aromatic N) is 3. The Bertz CT molecular complexity index is 2180. The number of ether oxygens (including phenoxy) is 3. The SMILES string of the molecule is CCC(OP(=O)(O)OCC1OC(n2cc(C)c(=O)[nH]c2=O)CC1OC(C)=O)C(=O)OCc1ccc2n(c1=O)Cc1cc3ccccc3nc1-2. The normalized spacial score (nSPS) is 20.0. The lowest BCUT2D eigenvalue weighted by Crippen LogP contribution is -2.33. The quantitative estimate of drug-likeness (QED) is 0.151. The highest BCUT2D eigenvalue weighted by Gasteiger charge is 2.41. The zero-order valence-electron chi connectivity index (χ0n) is 26.7. The van der Waals surface area contributed by atoms with Crippen molar-refractivity contribution in [3.05, 3.63) is 96.5 Å². The van der Waals surface area contributed by atoms with Crippen molar-refractivity contribution >= 4 is 30.7 Å². The third-order valence-corrected chi connectivity index (χ3v) is 9.24. The highest BCUT2D eigenvalue weighted by Crippen LogP contribution is 2.46. The van der Waals surface area contributed by atoms with E-state index < -0.39 is 68.8 Å². The third kappa shape index (κ3) is 7.19. The van der Waals surface area contributed by atoms with Crippen molar-refractivity contribution in [1.82, 2.24) is 19.1 Å². The Morgan fingerprint density at radius 2 is 1.96 bits per heavy atom. The highest BCUT2D eigenvalue weighted by molar-refractivity contribution is 7.47. The van der Waals surface area contributed by atoms with Gasteiger partial charge in [0.15, 0.2) is 6.10 Å². The zero-order chi connectivity index (χ0) is 35.0. The van der Waals surface area contributed by atoms with Gasteiger partial charge in [-0.3, -0.25) is 33.0 Å². The van der Waals surface area contributed by atoms with Crippen LogP contribution in [0.2, 0.25) is 0 Å². The van der Waals surface area contributed by atoms with E-state index in [1.807, 2.05) is 30.3 Å². The van der Waals surface area contributed by atoms with Gasteiger partial charge >= 0.3 is 25.5 Å². The zero-order valence-corrected chi connectivity index (χ0v) is 27.6. The molecule has 2 N–H and O–H groups in total. The number of hydrogen-bond donors (Lipinski definition) is 2. The first kappa shape index (κ1) is 34.1. The Balaban J connectivity index is 1.08. The summed E-state index contributed by atoms with van der Waals surface area (Å²) in [5.41, 5.74) is 1.76. The number of fused-ring (bicyclic) bond motifs is 4. The average molecular weight is 697 g/mol. The number of carbonyl (C=O) groups excluding carboxylic acids is 2. The molecule has 5 heterocycles. The summed E-state index contributed by atoms with van der Waals surface area (Å²) >= 11 is 0. The first-order chi connectivity index (χ1) is 23.3. The molecule has 2 aliphatic rings. The number of aryl methyl sites for hydroxylation is 1. The summed E-state index contributed by atoms with van der Waals surface area (Å²) in [4.78, 5) is 79.4. The van der Waals surface area contributed by atoms with E-state index in [-0.39, 0.29) is 29.5 Å². The summed E-state index contributed by atoms with van der Waals surface area (Å²) in [5.74, 6) is -1.66. The molecule has 1 fully saturated rings. The van der Waals surface area contributed by atoms with Gasteiger partial charge < -0.3 is 23.7 Å². The number of aromatic nitrogens is 4. The maximum atomic E-state index is 13.3. The highest BCUT2D eigenvalue weighted by atomic mass is 31.2. The second-order valence-corrected chi connectivity index (χ2v) is 13.1. The predicted molar refractivity (Wildman–Crippen MR) is 171 cm³/mol. The van der Waals surface area contributed by atoms with Crippen LogP contribution in [0.25, 0.3) is 22.3 Å². The molecule has 258 valence electrons. The van der Waals surface area contributed by atoms with Crippen molar-refractivity contribution in [2.75, 3.05) is 6.61 Å². The van der Waals surface area contributed by atoms with Crippen LogP contribution in [0.4, 0.5) is 0 Å². The van der Waals surface area contributed by atoms with Gasteiger partial charge in [0.25, 0.3) is 11.1 Å². The van der Waals surface area contributed by atoms with Crippen LogP contribution in [0, 0.1) is 6.92 Å². The van der Waals surface area contributed by atoms with Gasteiger partial charge in [0, 0.05) is 36.1 Å². The van der Waals surface area contributed by atoms with Gasteiger partial charge in [-0.15, -0.1) is 0 Å². The maximum Gasteiger partial charge on any atom is 0.473 e. The van der Waals surface area contributed by atoms with E-state index in [4.69, 9.17) is 28.2 Å². The summed E-state index contributed by atoms with van der Waals surface area (Å²) < 4.78 is 42.2. The molecular formula is C32H33N4O12P. The molecule has 0 bridgehead atoms. The number of benzene rings is 1. The number of rotatable bonds is 11. The van der Waals surface area contributed by atoms with Gasteiger partial charge in [0.05, 0.1) is 35.6 Å². The molecule has 3 aromatic heterocycles. The van der Waals surface area contributed by atoms with Crippen LogP contribution in [-0.4, -0.2) is 60.9 Å². The minimum absolute atomic E-state index is 0.0263. The molecule has 0 spiro atoms. The molecule has 1 aromatic carbocycles. The summed E-state index contributed by atoms with van der Waals surface area (Å²) in [5, 5.41) is 0.953. The second-order valence-electron chi connectivity index (χ2n) is 11.7. The second kappa shape index (κ2) is 13.6. The number of para-hydroxylation sites is 1. The minimum atomic E-state index is -4.93. The van der Waals surface area contributed by atoms with E-state index in [2.05, 4.69) is 4.98 Å². The van der Waals surface area contributed by atoms with Crippen LogP contribution in [0.1, 0.15) is 49.6 Å². The molecule has 6 rings (SSSR count). The van der Waals surface area contributed by atoms with Crippen LogP contribution >= 0.6 is 7.82 Å². The third-order valence-electron chi connectivity index (χ3n) is 8.25. The Labute approximate surface area is 277 Å². The molecule has 5 unspecified atom stereocenters. The largest absolute Gasteiger partial charge is 0.473 e. The van der Waals surface area contributed by atoms with E-state index in [1.165, 1.54) is 20.0 Å². The Kier molecular flexibility index (Phi) is 9.51. The fraction of sp³-hybridized carbons (Fsp3) is 0.375. The van der Waals surface area contributed by atoms with E-state index in [0.29, 0.717) is 17.9 Å². The number of phosphoric acid groups is 1. The van der Waals surface area contributed by atoms with Crippen molar-refractivity contribution in [3.63, 3.8) is 0 Å². The number of nitrogens with one attached hydrogen (secondary N) is 1. The molecule has 0 radical (unpaired) electrons. The molecule has 4 aromatic rings. The summed E-state index contributed by atoms with van der Waals surface area (Å²) in [6.45, 7) is 3.45. The molecule has 2 aliphatic heterocycles. The first-order valence-electron chi connectivity index (χ1n) is 15.4. The van der Waals surface area contributed by atoms with E-state index in [9.17, 15) is 33.4 Å². The molecule has 0 amide bonds. The number of carbonyl (C=O) groups is 2. The Morgan fingerprint density at radius 3 is 2.71 bits per heavy atom. The van der Waals surface area contributed by atoms with E-state index in [0.717, 1.165) is 28.0 Å². The van der Waals surface area contributed by atoms with Crippen LogP contribution < -0.4 is 16.8 Å². The van der Waals surface area contributed by atoms with Gasteiger partial charge in [-0.1, -0.05) is 25.1 Å². The molecule has 0 aliphatic carbocycles. The molecular weight excluding hydrogens is 663 g/mol. The molecule has 5 atom stereocenters. The van der Waals surface area contributed by atoms with Crippen LogP contribution in [0.15, 0.2) is 63.0 Å². The van der Waals surface area contributed by atoms with Crippen LogP contribution in [0.5, 0.6) is 0 Å². The van der Waals surface area contributed by atoms with Gasteiger partial charge in [0.2, 0.25) is 0 Å². The predicted octanol–water partition coefficient (Wildman–Crippen LogP) is 2.46. The van der Waals surface area contributed by atoms with Crippen molar-refractivity contribution in [3.8, 4) is 11.4 Å². The average Bonchev–Trinajstić information content (AvgIpc) is 3.63. The van der Waals surface area contributed by atoms with Crippen molar-refractivity contribution in [2.24, 2.45) is 0 Å². The molecule has 49 heavy (non-hydrogen) atoms. The number of H-pyrrole nitrogens is 1. The lowest BCUT2D eigenvalue weighted by atomic mass is 10.1. The summed E-state index contributed by atoms with van der Waals surface area (Å²) in [7, 11) is -4.93. The minimum Gasteiger partial charge on any atom is -0.460 e. The lowest BCUT2D eigenvalue weighted by molar-refractivity contribution is -0.155. The number of pyridine rings is 2. The maximum absolute atomic E-state index is 13.3. The van der Waals surface area contributed by atoms with Crippen LogP contribution in [-0.2, 0) is 50.6 Å². The van der Waals surface area contributed by atoms with E-state index >= 15 is 0 Å². The molecule has 16 nitrogen and oxygen atoms in total. The summed E-state index contributed by atoms with van der Waals surface area (Å²) in [6.07, 6.45) is -3.44. The first-order valence-corrected chi connectivity index (χ1v) is 16.9. The number of hydrogen-bond acceptors (Lipinski definition) is 12. The van der Waals surface area contributed by atoms with Gasteiger partial charge in [-0.2, -0.15) is 0 Å². The van der Waals surface area contributed by atoms with E-state index in [1.54, 1.807) is 16.7 Å². The molecule has 17 heteroatoms. The van der Waals surface area contributed by atoms with Gasteiger partial charge in [-0.05, 0) is 37.6 Å². The molecule has 1 saturated heterocycles. The Hall–Kier alpha value is -4.73. The number of aromatic amines is 1. The number of phosphoric ester groups is 1. The van der Waals surface area contributed by atoms with Gasteiger partial charge in [-0.25, -0.2) is 19.1 Å². The number of esters is 2. The van der Waals surface area contributed by atoms with Crippen molar-refractivity contribution in [1.29, 1.82) is 0 Å². The smallest absolute Gasteiger partial charge is 0.460 e. The van der Waals surface area contributed by atoms with Crippen LogP contribution in [0.3, 0.4) is 0 Å². The van der Waals surface area contributed by atoms with Crippen molar-refractivity contribution in [2.45, 2.75) is 71.3 Å². The standard InChI is InChI=1S/C32H33N4O12P/c1-4-24(31(40)44-15-20-9-10-23-28-21(14-35(23)30(20)39)11-19-7-5-6-8-22(19)33-28)48-49(42,43)45-16-26-25(46-18(3)37)12-27(47-26)36-13-17(2)29(38)34-32(36)41/h5-11,13,24-27H,4,12,14-16H2,1-3H3,(H,42,43)(H,34,38,41). The monoisotopic (exact) mass is 696 g/mol. The van der Waals surface area contributed by atoms with Crippen molar-refractivity contribution < 1.29 is 42.3 Å². The van der Waals surface area contributed by atoms with Gasteiger partial charge in [0.1, 0.15) is 25.0 Å². The summed E-state index contributed by atoms with van der Waals surface area (Å²) in [6, 6.07) is 12.9. The fourth-order valence-electron chi connectivity index (χ4n) is 5.81. The molecule has 0 saturated carbocycles. The lowest BCUT2D eigenvalue weighted by Gasteiger charge is -2.22. The fourth-order valence-corrected chi connectivity index (χ4v) is 6.77. The topological polar surface area (TPSA) is 207 Å².